The maximum Gasteiger partial charge on any atom is 0.239 e. The SMILES string of the molecule is CC(C(=O)N1CCCC1)N1CCN(CC2CCNCC2)CC1.Cl. The van der Waals surface area contributed by atoms with Gasteiger partial charge in [0, 0.05) is 45.8 Å². The average molecular weight is 345 g/mol. The predicted octanol–water partition coefficient (Wildman–Crippen LogP) is 1.04. The molecule has 0 aromatic carbocycles. The molecule has 3 aliphatic heterocycles. The van der Waals surface area contributed by atoms with Crippen LogP contribution in [0.5, 0.6) is 0 Å². The van der Waals surface area contributed by atoms with Crippen molar-refractivity contribution in [3.05, 3.63) is 0 Å². The molecule has 134 valence electrons. The lowest BCUT2D eigenvalue weighted by molar-refractivity contribution is -0.136. The number of piperidine rings is 1. The highest BCUT2D eigenvalue weighted by molar-refractivity contribution is 5.85. The van der Waals surface area contributed by atoms with Crippen LogP contribution < -0.4 is 5.32 Å². The molecule has 1 unspecified atom stereocenters. The van der Waals surface area contributed by atoms with E-state index in [1.54, 1.807) is 0 Å². The van der Waals surface area contributed by atoms with Gasteiger partial charge in [0.2, 0.25) is 5.91 Å². The fourth-order valence-electron chi connectivity index (χ4n) is 4.12. The second-order valence-corrected chi connectivity index (χ2v) is 7.24. The first kappa shape index (κ1) is 19.0. The first-order chi connectivity index (χ1) is 10.7. The predicted molar refractivity (Wildman–Crippen MR) is 96.1 cm³/mol. The number of carbonyl (C=O) groups excluding carboxylic acids is 1. The Balaban J connectivity index is 0.00000192. The van der Waals surface area contributed by atoms with Gasteiger partial charge >= 0.3 is 0 Å². The van der Waals surface area contributed by atoms with Gasteiger partial charge < -0.3 is 15.1 Å². The van der Waals surface area contributed by atoms with E-state index in [4.69, 9.17) is 0 Å². The lowest BCUT2D eigenvalue weighted by Crippen LogP contribution is -2.55. The Bertz CT molecular complexity index is 362. The molecule has 1 N–H and O–H groups in total. The summed E-state index contributed by atoms with van der Waals surface area (Å²) in [6.07, 6.45) is 5.01. The normalized spacial score (nSPS) is 26.0. The molecule has 6 heteroatoms. The zero-order valence-electron chi connectivity index (χ0n) is 14.5. The highest BCUT2D eigenvalue weighted by Crippen LogP contribution is 2.17. The Labute approximate surface area is 147 Å². The van der Waals surface area contributed by atoms with Gasteiger partial charge in [0.15, 0.2) is 0 Å². The van der Waals surface area contributed by atoms with Crippen LogP contribution in [0, 0.1) is 5.92 Å². The number of piperazine rings is 1. The van der Waals surface area contributed by atoms with Crippen LogP contribution in [0.3, 0.4) is 0 Å². The summed E-state index contributed by atoms with van der Waals surface area (Å²) in [5.41, 5.74) is 0. The van der Waals surface area contributed by atoms with Gasteiger partial charge in [-0.3, -0.25) is 9.69 Å². The number of carbonyl (C=O) groups is 1. The molecular weight excluding hydrogens is 312 g/mol. The van der Waals surface area contributed by atoms with Gasteiger partial charge in [0.25, 0.3) is 0 Å². The third-order valence-electron chi connectivity index (χ3n) is 5.70. The summed E-state index contributed by atoms with van der Waals surface area (Å²) < 4.78 is 0. The van der Waals surface area contributed by atoms with Crippen LogP contribution in [0.1, 0.15) is 32.6 Å². The Kier molecular flexibility index (Phi) is 7.60. The van der Waals surface area contributed by atoms with E-state index in [-0.39, 0.29) is 18.4 Å². The number of nitrogens with one attached hydrogen (secondary N) is 1. The molecule has 0 aromatic heterocycles. The molecule has 1 amide bonds. The summed E-state index contributed by atoms with van der Waals surface area (Å²) in [4.78, 5) is 19.6. The number of rotatable bonds is 4. The van der Waals surface area contributed by atoms with Crippen molar-refractivity contribution in [2.24, 2.45) is 5.92 Å². The molecule has 3 saturated heterocycles. The molecule has 0 aliphatic carbocycles. The first-order valence-corrected chi connectivity index (χ1v) is 9.20. The van der Waals surface area contributed by atoms with E-state index >= 15 is 0 Å². The summed E-state index contributed by atoms with van der Waals surface area (Å²) in [6, 6.07) is 0.0686. The zero-order valence-corrected chi connectivity index (χ0v) is 15.3. The second kappa shape index (κ2) is 9.21. The Hall–Kier alpha value is -0.360. The van der Waals surface area contributed by atoms with Crippen molar-refractivity contribution in [1.29, 1.82) is 0 Å². The summed E-state index contributed by atoms with van der Waals surface area (Å²) >= 11 is 0. The van der Waals surface area contributed by atoms with Crippen molar-refractivity contribution in [3.63, 3.8) is 0 Å². The van der Waals surface area contributed by atoms with Crippen molar-refractivity contribution in [2.75, 3.05) is 58.9 Å². The number of nitrogens with zero attached hydrogens (tertiary/aromatic N) is 3. The Morgan fingerprint density at radius 3 is 2.26 bits per heavy atom. The van der Waals surface area contributed by atoms with Gasteiger partial charge in [0.05, 0.1) is 6.04 Å². The Morgan fingerprint density at radius 1 is 1.04 bits per heavy atom. The van der Waals surface area contributed by atoms with Gasteiger partial charge in [-0.25, -0.2) is 0 Å². The van der Waals surface area contributed by atoms with Crippen molar-refractivity contribution in [1.82, 2.24) is 20.0 Å². The lowest BCUT2D eigenvalue weighted by Gasteiger charge is -2.40. The molecule has 1 atom stereocenters. The van der Waals surface area contributed by atoms with E-state index in [9.17, 15) is 4.79 Å². The molecule has 0 radical (unpaired) electrons. The van der Waals surface area contributed by atoms with Crippen molar-refractivity contribution < 1.29 is 4.79 Å². The van der Waals surface area contributed by atoms with E-state index < -0.39 is 0 Å². The molecular formula is C17H33ClN4O. The van der Waals surface area contributed by atoms with E-state index in [2.05, 4.69) is 26.9 Å². The highest BCUT2D eigenvalue weighted by Gasteiger charge is 2.30. The van der Waals surface area contributed by atoms with Crippen LogP contribution in [0.2, 0.25) is 0 Å². The van der Waals surface area contributed by atoms with Gasteiger partial charge in [-0.05, 0) is 51.6 Å². The fourth-order valence-corrected chi connectivity index (χ4v) is 4.12. The number of hydrogen-bond donors (Lipinski definition) is 1. The maximum absolute atomic E-state index is 12.5. The van der Waals surface area contributed by atoms with E-state index in [1.165, 1.54) is 45.3 Å². The minimum Gasteiger partial charge on any atom is -0.341 e. The molecule has 3 aliphatic rings. The highest BCUT2D eigenvalue weighted by atomic mass is 35.5. The molecule has 0 spiro atoms. The molecule has 3 heterocycles. The quantitative estimate of drug-likeness (QED) is 0.827. The number of hydrogen-bond acceptors (Lipinski definition) is 4. The summed E-state index contributed by atoms with van der Waals surface area (Å²) in [7, 11) is 0. The van der Waals surface area contributed by atoms with E-state index in [0.29, 0.717) is 5.91 Å². The van der Waals surface area contributed by atoms with Gasteiger partial charge in [-0.1, -0.05) is 0 Å². The molecule has 5 nitrogen and oxygen atoms in total. The summed E-state index contributed by atoms with van der Waals surface area (Å²) in [6.45, 7) is 12.0. The number of halogens is 1. The molecule has 3 fully saturated rings. The van der Waals surface area contributed by atoms with Crippen LogP contribution in [0.4, 0.5) is 0 Å². The molecule has 3 rings (SSSR count). The molecule has 0 bridgehead atoms. The molecule has 0 aromatic rings. The second-order valence-electron chi connectivity index (χ2n) is 7.24. The monoisotopic (exact) mass is 344 g/mol. The number of likely N-dealkylation sites (tertiary alicyclic amines) is 1. The largest absolute Gasteiger partial charge is 0.341 e. The van der Waals surface area contributed by atoms with Crippen molar-refractivity contribution in [3.8, 4) is 0 Å². The van der Waals surface area contributed by atoms with Gasteiger partial charge in [0.1, 0.15) is 0 Å². The van der Waals surface area contributed by atoms with Gasteiger partial charge in [-0.2, -0.15) is 0 Å². The first-order valence-electron chi connectivity index (χ1n) is 9.20. The number of amides is 1. The smallest absolute Gasteiger partial charge is 0.239 e. The Morgan fingerprint density at radius 2 is 1.65 bits per heavy atom. The van der Waals surface area contributed by atoms with Crippen LogP contribution in [-0.2, 0) is 4.79 Å². The molecule has 23 heavy (non-hydrogen) atoms. The maximum atomic E-state index is 12.5. The van der Waals surface area contributed by atoms with Crippen LogP contribution >= 0.6 is 12.4 Å². The minimum atomic E-state index is 0. The third kappa shape index (κ3) is 5.05. The lowest BCUT2D eigenvalue weighted by atomic mass is 9.97. The topological polar surface area (TPSA) is 38.8 Å². The molecule has 0 saturated carbocycles. The fraction of sp³-hybridized carbons (Fsp3) is 0.941. The van der Waals surface area contributed by atoms with Crippen LogP contribution in [0.15, 0.2) is 0 Å². The summed E-state index contributed by atoms with van der Waals surface area (Å²) in [5, 5.41) is 3.44. The van der Waals surface area contributed by atoms with E-state index in [0.717, 1.165) is 45.2 Å². The summed E-state index contributed by atoms with van der Waals surface area (Å²) in [5.74, 6) is 1.22. The minimum absolute atomic E-state index is 0. The van der Waals surface area contributed by atoms with Crippen molar-refractivity contribution >= 4 is 18.3 Å². The zero-order chi connectivity index (χ0) is 15.4. The van der Waals surface area contributed by atoms with Gasteiger partial charge in [-0.15, -0.1) is 12.4 Å². The van der Waals surface area contributed by atoms with Crippen LogP contribution in [-0.4, -0.2) is 85.6 Å². The van der Waals surface area contributed by atoms with E-state index in [1.807, 2.05) is 0 Å². The van der Waals surface area contributed by atoms with Crippen LogP contribution in [0.25, 0.3) is 0 Å². The standard InChI is InChI=1S/C17H32N4O.ClH/c1-15(17(22)21-8-2-3-9-21)20-12-10-19(11-13-20)14-16-4-6-18-7-5-16;/h15-16,18H,2-14H2,1H3;1H. The third-order valence-corrected chi connectivity index (χ3v) is 5.70. The van der Waals surface area contributed by atoms with Crippen molar-refractivity contribution in [2.45, 2.75) is 38.6 Å². The average Bonchev–Trinajstić information content (AvgIpc) is 3.10.